The lowest BCUT2D eigenvalue weighted by molar-refractivity contribution is -0.280. The monoisotopic (exact) mass is 341 g/mol. The van der Waals surface area contributed by atoms with Gasteiger partial charge in [-0.15, -0.1) is 0 Å². The summed E-state index contributed by atoms with van der Waals surface area (Å²) in [7, 11) is -1.94. The van der Waals surface area contributed by atoms with E-state index in [9.17, 15) is 8.42 Å². The summed E-state index contributed by atoms with van der Waals surface area (Å²) in [4.78, 5) is 0.333. The van der Waals surface area contributed by atoms with Crippen LogP contribution in [0.15, 0.2) is 23.1 Å². The summed E-state index contributed by atoms with van der Waals surface area (Å²) in [5.41, 5.74) is 0.690. The van der Waals surface area contributed by atoms with Gasteiger partial charge in [-0.2, -0.15) is 4.31 Å². The van der Waals surface area contributed by atoms with Crippen molar-refractivity contribution in [2.75, 3.05) is 33.4 Å². The van der Waals surface area contributed by atoms with Gasteiger partial charge in [-0.25, -0.2) is 8.42 Å². The summed E-state index contributed by atoms with van der Waals surface area (Å²) in [5, 5.41) is 0. The number of ether oxygens (including phenoxy) is 3. The molecular formula is C16H23NO5S. The van der Waals surface area contributed by atoms with E-state index < -0.39 is 15.8 Å². The molecule has 7 heteroatoms. The van der Waals surface area contributed by atoms with Crippen molar-refractivity contribution in [3.8, 4) is 5.75 Å². The Morgan fingerprint density at radius 3 is 2.39 bits per heavy atom. The Kier molecular flexibility index (Phi) is 4.64. The fraction of sp³-hybridized carbons (Fsp3) is 0.625. The maximum Gasteiger partial charge on any atom is 0.243 e. The largest absolute Gasteiger partial charge is 0.497 e. The second-order valence-corrected chi connectivity index (χ2v) is 7.90. The maximum atomic E-state index is 12.9. The van der Waals surface area contributed by atoms with Gasteiger partial charge in [-0.3, -0.25) is 0 Å². The molecule has 2 aliphatic heterocycles. The number of piperidine rings is 1. The van der Waals surface area contributed by atoms with Crippen LogP contribution in [0.2, 0.25) is 0 Å². The molecule has 2 aliphatic rings. The lowest BCUT2D eigenvalue weighted by Gasteiger charge is -2.42. The van der Waals surface area contributed by atoms with E-state index in [-0.39, 0.29) is 0 Å². The van der Waals surface area contributed by atoms with Crippen LogP contribution in [0.3, 0.4) is 0 Å². The molecule has 0 aromatic heterocycles. The van der Waals surface area contributed by atoms with E-state index in [1.165, 1.54) is 4.31 Å². The normalized spacial score (nSPS) is 22.2. The molecule has 6 nitrogen and oxygen atoms in total. The average molecular weight is 341 g/mol. The van der Waals surface area contributed by atoms with Crippen LogP contribution in [-0.4, -0.2) is 51.9 Å². The van der Waals surface area contributed by atoms with Crippen LogP contribution in [0.25, 0.3) is 0 Å². The van der Waals surface area contributed by atoms with Crippen LogP contribution in [0, 0.1) is 6.92 Å². The van der Waals surface area contributed by atoms with E-state index in [1.54, 1.807) is 32.2 Å². The van der Waals surface area contributed by atoms with Crippen LogP contribution < -0.4 is 4.74 Å². The van der Waals surface area contributed by atoms with Gasteiger partial charge in [-0.05, 0) is 37.1 Å². The van der Waals surface area contributed by atoms with Gasteiger partial charge in [-0.1, -0.05) is 0 Å². The molecule has 128 valence electrons. The van der Waals surface area contributed by atoms with Gasteiger partial charge in [0.2, 0.25) is 10.0 Å². The second-order valence-electron chi connectivity index (χ2n) is 6.00. The summed E-state index contributed by atoms with van der Waals surface area (Å²) >= 11 is 0. The first-order chi connectivity index (χ1) is 11.0. The molecule has 0 N–H and O–H groups in total. The Hall–Kier alpha value is -1.15. The first-order valence-electron chi connectivity index (χ1n) is 7.90. The van der Waals surface area contributed by atoms with Gasteiger partial charge in [0.05, 0.1) is 25.2 Å². The number of rotatable bonds is 3. The standard InChI is InChI=1S/C16H23NO5S/c1-13-12-14(20-2)4-5-15(13)23(18,19)17-8-6-16(7-9-17)21-10-3-11-22-16/h4-5,12H,3,6-11H2,1-2H3. The van der Waals surface area contributed by atoms with E-state index in [1.807, 2.05) is 0 Å². The van der Waals surface area contributed by atoms with Crippen molar-refractivity contribution < 1.29 is 22.6 Å². The van der Waals surface area contributed by atoms with Crippen molar-refractivity contribution in [2.45, 2.75) is 36.9 Å². The third-order valence-electron chi connectivity index (χ3n) is 4.50. The number of hydrogen-bond donors (Lipinski definition) is 0. The summed E-state index contributed by atoms with van der Waals surface area (Å²) < 4.78 is 44.0. The molecule has 1 aromatic carbocycles. The number of hydrogen-bond acceptors (Lipinski definition) is 5. The van der Waals surface area contributed by atoms with Gasteiger partial charge in [0, 0.05) is 25.9 Å². The van der Waals surface area contributed by atoms with Gasteiger partial charge < -0.3 is 14.2 Å². The van der Waals surface area contributed by atoms with Gasteiger partial charge in [0.1, 0.15) is 5.75 Å². The molecular weight excluding hydrogens is 318 g/mol. The number of sulfonamides is 1. The zero-order chi connectivity index (χ0) is 16.5. The van der Waals surface area contributed by atoms with Crippen LogP contribution in [0.5, 0.6) is 5.75 Å². The molecule has 3 rings (SSSR count). The van der Waals surface area contributed by atoms with Crippen molar-refractivity contribution in [1.29, 1.82) is 0 Å². The highest BCUT2D eigenvalue weighted by atomic mass is 32.2. The smallest absolute Gasteiger partial charge is 0.243 e. The minimum absolute atomic E-state index is 0.333. The van der Waals surface area contributed by atoms with Gasteiger partial charge in [0.15, 0.2) is 5.79 Å². The average Bonchev–Trinajstić information content (AvgIpc) is 2.55. The lowest BCUT2D eigenvalue weighted by Crippen LogP contribution is -2.51. The fourth-order valence-electron chi connectivity index (χ4n) is 3.15. The molecule has 2 fully saturated rings. The molecule has 2 heterocycles. The summed E-state index contributed by atoms with van der Waals surface area (Å²) in [6.07, 6.45) is 2.04. The lowest BCUT2D eigenvalue weighted by atomic mass is 10.0. The molecule has 0 aliphatic carbocycles. The van der Waals surface area contributed by atoms with Crippen molar-refractivity contribution in [2.24, 2.45) is 0 Å². The molecule has 2 saturated heterocycles. The molecule has 0 saturated carbocycles. The summed E-state index contributed by atoms with van der Waals surface area (Å²) in [5.74, 6) is 0.0715. The van der Waals surface area contributed by atoms with Gasteiger partial charge in [0.25, 0.3) is 0 Å². The predicted molar refractivity (Wildman–Crippen MR) is 85.0 cm³/mol. The highest BCUT2D eigenvalue weighted by molar-refractivity contribution is 7.89. The van der Waals surface area contributed by atoms with Crippen molar-refractivity contribution in [1.82, 2.24) is 4.31 Å². The zero-order valence-electron chi connectivity index (χ0n) is 13.6. The Morgan fingerprint density at radius 1 is 1.17 bits per heavy atom. The molecule has 0 atom stereocenters. The van der Waals surface area contributed by atoms with Crippen LogP contribution in [-0.2, 0) is 19.5 Å². The Bertz CT molecular complexity index is 657. The second kappa shape index (κ2) is 6.39. The third kappa shape index (κ3) is 3.24. The molecule has 0 bridgehead atoms. The maximum absolute atomic E-state index is 12.9. The van der Waals surface area contributed by atoms with Crippen molar-refractivity contribution >= 4 is 10.0 Å². The molecule has 0 unspecified atom stereocenters. The van der Waals surface area contributed by atoms with Crippen molar-refractivity contribution in [3.63, 3.8) is 0 Å². The minimum Gasteiger partial charge on any atom is -0.497 e. The Balaban J connectivity index is 1.76. The van der Waals surface area contributed by atoms with E-state index in [0.717, 1.165) is 6.42 Å². The molecule has 0 radical (unpaired) electrons. The minimum atomic E-state index is -3.51. The van der Waals surface area contributed by atoms with Crippen molar-refractivity contribution in [3.05, 3.63) is 23.8 Å². The van der Waals surface area contributed by atoms with Crippen LogP contribution in [0.1, 0.15) is 24.8 Å². The quantitative estimate of drug-likeness (QED) is 0.840. The number of methoxy groups -OCH3 is 1. The van der Waals surface area contributed by atoms with Crippen LogP contribution >= 0.6 is 0 Å². The molecule has 0 amide bonds. The fourth-order valence-corrected chi connectivity index (χ4v) is 4.80. The highest BCUT2D eigenvalue weighted by Gasteiger charge is 2.41. The summed E-state index contributed by atoms with van der Waals surface area (Å²) in [6, 6.07) is 5.03. The van der Waals surface area contributed by atoms with E-state index >= 15 is 0 Å². The zero-order valence-corrected chi connectivity index (χ0v) is 14.4. The highest BCUT2D eigenvalue weighted by Crippen LogP contribution is 2.33. The topological polar surface area (TPSA) is 65.1 Å². The first kappa shape index (κ1) is 16.7. The molecule has 23 heavy (non-hydrogen) atoms. The number of aryl methyl sites for hydroxylation is 1. The predicted octanol–water partition coefficient (Wildman–Crippen LogP) is 1.92. The SMILES string of the molecule is COc1ccc(S(=O)(=O)N2CCC3(CC2)OCCCO3)c(C)c1. The Morgan fingerprint density at radius 2 is 1.83 bits per heavy atom. The van der Waals surface area contributed by atoms with E-state index in [4.69, 9.17) is 14.2 Å². The third-order valence-corrected chi connectivity index (χ3v) is 6.56. The Labute approximate surface area is 137 Å². The number of benzene rings is 1. The van der Waals surface area contributed by atoms with E-state index in [0.29, 0.717) is 55.4 Å². The molecule has 1 spiro atoms. The van der Waals surface area contributed by atoms with Crippen LogP contribution in [0.4, 0.5) is 0 Å². The number of nitrogens with zero attached hydrogens (tertiary/aromatic N) is 1. The van der Waals surface area contributed by atoms with Gasteiger partial charge >= 0.3 is 0 Å². The summed E-state index contributed by atoms with van der Waals surface area (Å²) in [6.45, 7) is 3.98. The van der Waals surface area contributed by atoms with E-state index in [2.05, 4.69) is 0 Å². The molecule has 1 aromatic rings. The first-order valence-corrected chi connectivity index (χ1v) is 9.34.